The van der Waals surface area contributed by atoms with Gasteiger partial charge in [0.15, 0.2) is 0 Å². The Kier molecular flexibility index (Phi) is 3.73. The Morgan fingerprint density at radius 3 is 2.96 bits per heavy atom. The van der Waals surface area contributed by atoms with E-state index in [0.717, 1.165) is 32.2 Å². The van der Waals surface area contributed by atoms with E-state index in [2.05, 4.69) is 39.1 Å². The third-order valence-corrected chi connectivity index (χ3v) is 5.89. The zero-order valence-corrected chi connectivity index (χ0v) is 14.7. The van der Waals surface area contributed by atoms with Gasteiger partial charge in [0.05, 0.1) is 0 Å². The first-order chi connectivity index (χ1) is 12.8. The molecule has 132 valence electrons. The Labute approximate surface area is 152 Å². The summed E-state index contributed by atoms with van der Waals surface area (Å²) in [6.45, 7) is 0.823. The van der Waals surface area contributed by atoms with Crippen molar-refractivity contribution in [3.63, 3.8) is 0 Å². The minimum Gasteiger partial charge on any atom is -0.334 e. The van der Waals surface area contributed by atoms with Crippen LogP contribution in [0.15, 0.2) is 48.9 Å². The van der Waals surface area contributed by atoms with Crippen LogP contribution in [0.5, 0.6) is 0 Å². The SMILES string of the molecule is O=C(c1cn2cccnc2n1)N1CCCC1C1CCCc2ccccc21. The van der Waals surface area contributed by atoms with E-state index in [1.165, 1.54) is 17.5 Å². The van der Waals surface area contributed by atoms with Crippen LogP contribution in [0, 0.1) is 0 Å². The minimum atomic E-state index is 0.0426. The molecule has 2 aliphatic rings. The lowest BCUT2D eigenvalue weighted by Gasteiger charge is -2.35. The van der Waals surface area contributed by atoms with E-state index in [9.17, 15) is 4.79 Å². The molecule has 2 unspecified atom stereocenters. The summed E-state index contributed by atoms with van der Waals surface area (Å²) in [5.41, 5.74) is 3.40. The van der Waals surface area contributed by atoms with Crippen molar-refractivity contribution in [2.75, 3.05) is 6.54 Å². The maximum absolute atomic E-state index is 13.2. The molecular weight excluding hydrogens is 324 g/mol. The minimum absolute atomic E-state index is 0.0426. The van der Waals surface area contributed by atoms with Gasteiger partial charge in [-0.25, -0.2) is 9.97 Å². The molecule has 0 saturated carbocycles. The standard InChI is InChI=1S/C21H22N4O/c26-20(18-14-24-12-5-11-22-21(24)23-18)25-13-4-10-19(25)17-9-3-7-15-6-1-2-8-16(15)17/h1-2,5-6,8,11-12,14,17,19H,3-4,7,9-10,13H2. The van der Waals surface area contributed by atoms with Crippen molar-refractivity contribution in [1.29, 1.82) is 0 Å². The number of amides is 1. The number of carbonyl (C=O) groups excluding carboxylic acids is 1. The average Bonchev–Trinajstić information content (AvgIpc) is 3.34. The van der Waals surface area contributed by atoms with Gasteiger partial charge in [-0.1, -0.05) is 24.3 Å². The van der Waals surface area contributed by atoms with E-state index in [4.69, 9.17) is 0 Å². The first-order valence-corrected chi connectivity index (χ1v) is 9.50. The highest BCUT2D eigenvalue weighted by Gasteiger charge is 2.38. The lowest BCUT2D eigenvalue weighted by Crippen LogP contribution is -2.40. The van der Waals surface area contributed by atoms with Crippen LogP contribution in [0.2, 0.25) is 0 Å². The number of imidazole rings is 1. The largest absolute Gasteiger partial charge is 0.334 e. The lowest BCUT2D eigenvalue weighted by molar-refractivity contribution is 0.0705. The van der Waals surface area contributed by atoms with Gasteiger partial charge in [-0.15, -0.1) is 0 Å². The highest BCUT2D eigenvalue weighted by molar-refractivity contribution is 5.93. The Balaban J connectivity index is 1.47. The number of carbonyl (C=O) groups is 1. The fraction of sp³-hybridized carbons (Fsp3) is 0.381. The van der Waals surface area contributed by atoms with Crippen LogP contribution in [0.1, 0.15) is 53.2 Å². The van der Waals surface area contributed by atoms with E-state index in [0.29, 0.717) is 17.4 Å². The highest BCUT2D eigenvalue weighted by Crippen LogP contribution is 2.40. The van der Waals surface area contributed by atoms with Crippen LogP contribution in [-0.4, -0.2) is 37.8 Å². The number of nitrogens with zero attached hydrogens (tertiary/aromatic N) is 4. The second-order valence-electron chi connectivity index (χ2n) is 7.36. The maximum atomic E-state index is 13.2. The molecule has 1 saturated heterocycles. The van der Waals surface area contributed by atoms with E-state index in [-0.39, 0.29) is 11.9 Å². The molecule has 0 bridgehead atoms. The maximum Gasteiger partial charge on any atom is 0.274 e. The average molecular weight is 346 g/mol. The Morgan fingerprint density at radius 1 is 1.12 bits per heavy atom. The van der Waals surface area contributed by atoms with Crippen molar-refractivity contribution in [3.05, 3.63) is 65.7 Å². The Morgan fingerprint density at radius 2 is 2.04 bits per heavy atom. The summed E-state index contributed by atoms with van der Waals surface area (Å²) in [4.78, 5) is 23.9. The molecule has 0 radical (unpaired) electrons. The topological polar surface area (TPSA) is 50.5 Å². The molecule has 1 aromatic carbocycles. The summed E-state index contributed by atoms with van der Waals surface area (Å²) in [5, 5.41) is 0. The molecule has 0 spiro atoms. The predicted octanol–water partition coefficient (Wildman–Crippen LogP) is 3.45. The fourth-order valence-corrected chi connectivity index (χ4v) is 4.73. The monoisotopic (exact) mass is 346 g/mol. The quantitative estimate of drug-likeness (QED) is 0.714. The molecule has 0 N–H and O–H groups in total. The molecule has 2 aromatic heterocycles. The number of aryl methyl sites for hydroxylation is 1. The molecule has 2 atom stereocenters. The Hall–Kier alpha value is -2.69. The number of fused-ring (bicyclic) bond motifs is 2. The molecule has 5 nitrogen and oxygen atoms in total. The van der Waals surface area contributed by atoms with Crippen LogP contribution >= 0.6 is 0 Å². The van der Waals surface area contributed by atoms with Crippen molar-refractivity contribution >= 4 is 11.7 Å². The van der Waals surface area contributed by atoms with Gasteiger partial charge in [0.2, 0.25) is 5.78 Å². The third kappa shape index (κ3) is 2.50. The number of hydrogen-bond acceptors (Lipinski definition) is 3. The van der Waals surface area contributed by atoms with Gasteiger partial charge in [0.1, 0.15) is 5.69 Å². The summed E-state index contributed by atoms with van der Waals surface area (Å²) >= 11 is 0. The van der Waals surface area contributed by atoms with Gasteiger partial charge in [-0.05, 0) is 49.3 Å². The highest BCUT2D eigenvalue weighted by atomic mass is 16.2. The summed E-state index contributed by atoms with van der Waals surface area (Å²) in [5.74, 6) is 1.07. The summed E-state index contributed by atoms with van der Waals surface area (Å²) < 4.78 is 1.81. The van der Waals surface area contributed by atoms with Crippen LogP contribution in [-0.2, 0) is 6.42 Å². The molecule has 3 heterocycles. The van der Waals surface area contributed by atoms with Crippen LogP contribution < -0.4 is 0 Å². The van der Waals surface area contributed by atoms with Crippen molar-refractivity contribution in [1.82, 2.24) is 19.3 Å². The summed E-state index contributed by atoms with van der Waals surface area (Å²) in [6.07, 6.45) is 11.1. The zero-order chi connectivity index (χ0) is 17.5. The molecule has 1 amide bonds. The van der Waals surface area contributed by atoms with Crippen molar-refractivity contribution in [2.24, 2.45) is 0 Å². The fourth-order valence-electron chi connectivity index (χ4n) is 4.73. The molecule has 1 aliphatic heterocycles. The van der Waals surface area contributed by atoms with Crippen LogP contribution in [0.25, 0.3) is 5.78 Å². The number of hydrogen-bond donors (Lipinski definition) is 0. The molecule has 26 heavy (non-hydrogen) atoms. The van der Waals surface area contributed by atoms with E-state index < -0.39 is 0 Å². The van der Waals surface area contributed by atoms with Gasteiger partial charge in [0, 0.05) is 37.1 Å². The molecule has 5 rings (SSSR count). The number of likely N-dealkylation sites (tertiary alicyclic amines) is 1. The third-order valence-electron chi connectivity index (χ3n) is 5.89. The number of rotatable bonds is 2. The summed E-state index contributed by atoms with van der Waals surface area (Å²) in [6, 6.07) is 10.9. The molecule has 1 fully saturated rings. The van der Waals surface area contributed by atoms with Gasteiger partial charge < -0.3 is 4.90 Å². The van der Waals surface area contributed by atoms with Crippen molar-refractivity contribution < 1.29 is 4.79 Å². The van der Waals surface area contributed by atoms with Crippen molar-refractivity contribution in [3.8, 4) is 0 Å². The van der Waals surface area contributed by atoms with E-state index in [1.807, 2.05) is 16.7 Å². The van der Waals surface area contributed by atoms with Crippen LogP contribution in [0.3, 0.4) is 0 Å². The molecular formula is C21H22N4O. The Bertz CT molecular complexity index is 930. The summed E-state index contributed by atoms with van der Waals surface area (Å²) in [7, 11) is 0. The van der Waals surface area contributed by atoms with Crippen LogP contribution in [0.4, 0.5) is 0 Å². The lowest BCUT2D eigenvalue weighted by atomic mass is 9.78. The van der Waals surface area contributed by atoms with Gasteiger partial charge in [0.25, 0.3) is 5.91 Å². The smallest absolute Gasteiger partial charge is 0.274 e. The molecule has 1 aliphatic carbocycles. The second-order valence-corrected chi connectivity index (χ2v) is 7.36. The van der Waals surface area contributed by atoms with Gasteiger partial charge >= 0.3 is 0 Å². The van der Waals surface area contributed by atoms with Crippen molar-refractivity contribution in [2.45, 2.75) is 44.1 Å². The first-order valence-electron chi connectivity index (χ1n) is 9.50. The predicted molar refractivity (Wildman–Crippen MR) is 99.2 cm³/mol. The second kappa shape index (κ2) is 6.24. The first kappa shape index (κ1) is 15.6. The van der Waals surface area contributed by atoms with Gasteiger partial charge in [-0.3, -0.25) is 9.20 Å². The van der Waals surface area contributed by atoms with Gasteiger partial charge in [-0.2, -0.15) is 0 Å². The zero-order valence-electron chi connectivity index (χ0n) is 14.7. The number of aromatic nitrogens is 3. The molecule has 5 heteroatoms. The number of benzene rings is 1. The normalized spacial score (nSPS) is 22.5. The van der Waals surface area contributed by atoms with E-state index >= 15 is 0 Å². The molecule has 3 aromatic rings. The van der Waals surface area contributed by atoms with E-state index in [1.54, 1.807) is 12.4 Å².